The van der Waals surface area contributed by atoms with E-state index in [-0.39, 0.29) is 11.3 Å². The topological polar surface area (TPSA) is 32.3 Å². The Kier molecular flexibility index (Phi) is 3.18. The monoisotopic (exact) mass is 322 g/mol. The van der Waals surface area contributed by atoms with E-state index in [4.69, 9.17) is 0 Å². The first kappa shape index (κ1) is 13.1. The third-order valence-electron chi connectivity index (χ3n) is 4.59. The number of anilines is 1. The molecule has 1 amide bonds. The zero-order chi connectivity index (χ0) is 13.6. The number of carbonyl (C=O) groups excluding carboxylic acids is 1. The summed E-state index contributed by atoms with van der Waals surface area (Å²) in [5.41, 5.74) is 0.725. The molecule has 2 heterocycles. The Morgan fingerprint density at radius 1 is 1.37 bits per heavy atom. The zero-order valence-corrected chi connectivity index (χ0v) is 12.9. The van der Waals surface area contributed by atoms with Gasteiger partial charge in [0.15, 0.2) is 0 Å². The van der Waals surface area contributed by atoms with Gasteiger partial charge in [-0.2, -0.15) is 0 Å². The summed E-state index contributed by atoms with van der Waals surface area (Å²) in [7, 11) is 0. The molecule has 19 heavy (non-hydrogen) atoms. The smallest absolute Gasteiger partial charge is 0.233 e. The first-order valence-corrected chi connectivity index (χ1v) is 7.61. The Labute approximate surface area is 122 Å². The molecule has 2 saturated heterocycles. The van der Waals surface area contributed by atoms with Gasteiger partial charge in [0.2, 0.25) is 5.91 Å². The van der Waals surface area contributed by atoms with Gasteiger partial charge in [0.1, 0.15) is 0 Å². The summed E-state index contributed by atoms with van der Waals surface area (Å²) in [5.74, 6) is 0.638. The predicted molar refractivity (Wildman–Crippen MR) is 80.2 cm³/mol. The molecule has 2 aliphatic rings. The van der Waals surface area contributed by atoms with Crippen LogP contribution in [-0.2, 0) is 4.79 Å². The number of nitrogens with zero attached hydrogens (tertiary/aromatic N) is 1. The van der Waals surface area contributed by atoms with Crippen molar-refractivity contribution in [1.82, 2.24) is 5.32 Å². The standard InChI is InChI=1S/C15H19BrN2O/c1-15(2)10-9-17-8-7-12(10)18(14(15)19)13-6-4-3-5-11(13)16/h3-6,10,12,17H,7-9H2,1-2H3. The average Bonchev–Trinajstić information content (AvgIpc) is 2.60. The molecule has 2 atom stereocenters. The molecule has 102 valence electrons. The Balaban J connectivity index is 2.06. The number of nitrogens with one attached hydrogen (secondary N) is 1. The van der Waals surface area contributed by atoms with Crippen LogP contribution in [0.15, 0.2) is 28.7 Å². The number of fused-ring (bicyclic) bond motifs is 1. The van der Waals surface area contributed by atoms with Crippen molar-refractivity contribution in [2.75, 3.05) is 18.0 Å². The normalized spacial score (nSPS) is 29.4. The summed E-state index contributed by atoms with van der Waals surface area (Å²) >= 11 is 3.58. The molecule has 0 aromatic heterocycles. The molecule has 3 nitrogen and oxygen atoms in total. The van der Waals surface area contributed by atoms with E-state index in [1.165, 1.54) is 0 Å². The minimum atomic E-state index is -0.284. The molecule has 0 saturated carbocycles. The minimum Gasteiger partial charge on any atom is -0.316 e. The highest BCUT2D eigenvalue weighted by Crippen LogP contribution is 2.46. The second-order valence-electron chi connectivity index (χ2n) is 6.01. The third kappa shape index (κ3) is 1.93. The van der Waals surface area contributed by atoms with Crippen molar-refractivity contribution < 1.29 is 4.79 Å². The second-order valence-corrected chi connectivity index (χ2v) is 6.87. The molecule has 2 unspecified atom stereocenters. The molecular formula is C15H19BrN2O. The molecule has 1 N–H and O–H groups in total. The zero-order valence-electron chi connectivity index (χ0n) is 11.3. The molecule has 4 heteroatoms. The maximum Gasteiger partial charge on any atom is 0.233 e. The molecule has 2 fully saturated rings. The van der Waals surface area contributed by atoms with E-state index in [0.29, 0.717) is 12.0 Å². The van der Waals surface area contributed by atoms with Crippen molar-refractivity contribution >= 4 is 27.5 Å². The van der Waals surface area contributed by atoms with Gasteiger partial charge in [0.05, 0.1) is 11.1 Å². The van der Waals surface area contributed by atoms with E-state index in [9.17, 15) is 4.79 Å². The fraction of sp³-hybridized carbons (Fsp3) is 0.533. The summed E-state index contributed by atoms with van der Waals surface area (Å²) < 4.78 is 0.998. The van der Waals surface area contributed by atoms with E-state index in [2.05, 4.69) is 35.1 Å². The molecule has 0 bridgehead atoms. The minimum absolute atomic E-state index is 0.248. The third-order valence-corrected chi connectivity index (χ3v) is 5.26. The van der Waals surface area contributed by atoms with Crippen molar-refractivity contribution in [2.45, 2.75) is 26.3 Å². The number of hydrogen-bond donors (Lipinski definition) is 1. The van der Waals surface area contributed by atoms with Crippen molar-refractivity contribution in [3.63, 3.8) is 0 Å². The highest BCUT2D eigenvalue weighted by atomic mass is 79.9. The van der Waals surface area contributed by atoms with Gasteiger partial charge < -0.3 is 10.2 Å². The highest BCUT2D eigenvalue weighted by Gasteiger charge is 2.54. The van der Waals surface area contributed by atoms with Gasteiger partial charge in [-0.05, 0) is 41.0 Å². The lowest BCUT2D eigenvalue weighted by Gasteiger charge is -2.34. The number of carbonyl (C=O) groups is 1. The van der Waals surface area contributed by atoms with Gasteiger partial charge in [-0.15, -0.1) is 0 Å². The van der Waals surface area contributed by atoms with Crippen molar-refractivity contribution in [1.29, 1.82) is 0 Å². The van der Waals surface area contributed by atoms with Crippen LogP contribution in [0.25, 0.3) is 0 Å². The fourth-order valence-corrected chi connectivity index (χ4v) is 3.92. The number of piperidine rings is 1. The van der Waals surface area contributed by atoms with Gasteiger partial charge >= 0.3 is 0 Å². The van der Waals surface area contributed by atoms with Gasteiger partial charge in [-0.1, -0.05) is 26.0 Å². The molecule has 0 aliphatic carbocycles. The number of benzene rings is 1. The van der Waals surface area contributed by atoms with E-state index < -0.39 is 0 Å². The van der Waals surface area contributed by atoms with Crippen molar-refractivity contribution in [2.24, 2.45) is 11.3 Å². The van der Waals surface area contributed by atoms with E-state index in [1.54, 1.807) is 0 Å². The summed E-state index contributed by atoms with van der Waals surface area (Å²) in [4.78, 5) is 14.8. The summed E-state index contributed by atoms with van der Waals surface area (Å²) in [6.45, 7) is 6.09. The Bertz CT molecular complexity index is 515. The summed E-state index contributed by atoms with van der Waals surface area (Å²) in [5, 5.41) is 3.43. The molecule has 3 rings (SSSR count). The first-order valence-electron chi connectivity index (χ1n) is 6.82. The Hall–Kier alpha value is -0.870. The average molecular weight is 323 g/mol. The van der Waals surface area contributed by atoms with Crippen LogP contribution in [0.4, 0.5) is 5.69 Å². The SMILES string of the molecule is CC1(C)C(=O)N(c2ccccc2Br)C2CCNCC21. The Morgan fingerprint density at radius 2 is 2.11 bits per heavy atom. The van der Waals surface area contributed by atoms with Crippen LogP contribution in [0.5, 0.6) is 0 Å². The van der Waals surface area contributed by atoms with Crippen LogP contribution < -0.4 is 10.2 Å². The van der Waals surface area contributed by atoms with E-state index >= 15 is 0 Å². The lowest BCUT2D eigenvalue weighted by molar-refractivity contribution is -0.125. The highest BCUT2D eigenvalue weighted by molar-refractivity contribution is 9.10. The molecule has 1 aromatic carbocycles. The molecule has 0 radical (unpaired) electrons. The predicted octanol–water partition coefficient (Wildman–Crippen LogP) is 2.80. The van der Waals surface area contributed by atoms with Crippen LogP contribution >= 0.6 is 15.9 Å². The molecule has 0 spiro atoms. The van der Waals surface area contributed by atoms with E-state index in [1.807, 2.05) is 29.2 Å². The van der Waals surface area contributed by atoms with Gasteiger partial charge in [0, 0.05) is 23.0 Å². The van der Waals surface area contributed by atoms with Gasteiger partial charge in [0.25, 0.3) is 0 Å². The largest absolute Gasteiger partial charge is 0.316 e. The van der Waals surface area contributed by atoms with Crippen LogP contribution in [0.3, 0.4) is 0 Å². The quantitative estimate of drug-likeness (QED) is 0.862. The number of para-hydroxylation sites is 1. The number of rotatable bonds is 1. The van der Waals surface area contributed by atoms with Crippen molar-refractivity contribution in [3.05, 3.63) is 28.7 Å². The van der Waals surface area contributed by atoms with Crippen LogP contribution in [0.2, 0.25) is 0 Å². The Morgan fingerprint density at radius 3 is 2.84 bits per heavy atom. The van der Waals surface area contributed by atoms with Crippen LogP contribution in [0.1, 0.15) is 20.3 Å². The summed E-state index contributed by atoms with van der Waals surface area (Å²) in [6, 6.07) is 8.34. The first-order chi connectivity index (χ1) is 9.03. The fourth-order valence-electron chi connectivity index (χ4n) is 3.44. The lowest BCUT2D eigenvalue weighted by Crippen LogP contribution is -2.45. The van der Waals surface area contributed by atoms with Gasteiger partial charge in [-0.3, -0.25) is 4.79 Å². The van der Waals surface area contributed by atoms with Crippen LogP contribution in [0, 0.1) is 11.3 Å². The van der Waals surface area contributed by atoms with E-state index in [0.717, 1.165) is 29.7 Å². The maximum absolute atomic E-state index is 12.8. The summed E-state index contributed by atoms with van der Waals surface area (Å²) in [6.07, 6.45) is 1.03. The molecular weight excluding hydrogens is 304 g/mol. The number of amides is 1. The maximum atomic E-state index is 12.8. The van der Waals surface area contributed by atoms with Crippen LogP contribution in [-0.4, -0.2) is 25.0 Å². The lowest BCUT2D eigenvalue weighted by atomic mass is 9.76. The molecule has 2 aliphatic heterocycles. The molecule has 1 aromatic rings. The second kappa shape index (κ2) is 4.60. The number of halogens is 1. The number of hydrogen-bond acceptors (Lipinski definition) is 2. The van der Waals surface area contributed by atoms with Gasteiger partial charge in [-0.25, -0.2) is 0 Å². The van der Waals surface area contributed by atoms with Crippen molar-refractivity contribution in [3.8, 4) is 0 Å².